The second-order valence-electron chi connectivity index (χ2n) is 4.78. The highest BCUT2D eigenvalue weighted by atomic mass is 35.5. The van der Waals surface area contributed by atoms with Crippen LogP contribution < -0.4 is 11.1 Å². The number of aromatic nitrogens is 2. The molecule has 0 spiro atoms. The van der Waals surface area contributed by atoms with E-state index in [-0.39, 0.29) is 5.91 Å². The predicted molar refractivity (Wildman–Crippen MR) is 80.9 cm³/mol. The molecular formula is C14H17ClN4O. The van der Waals surface area contributed by atoms with Gasteiger partial charge in [-0.3, -0.25) is 9.48 Å². The smallest absolute Gasteiger partial charge is 0.248 e. The first-order chi connectivity index (χ1) is 9.38. The van der Waals surface area contributed by atoms with Crippen LogP contribution in [0, 0.1) is 13.8 Å². The summed E-state index contributed by atoms with van der Waals surface area (Å²) in [6, 6.07) is 6.49. The maximum Gasteiger partial charge on any atom is 0.248 e. The first-order valence-corrected chi connectivity index (χ1v) is 6.65. The summed E-state index contributed by atoms with van der Waals surface area (Å²) in [5.41, 5.74) is 8.54. The van der Waals surface area contributed by atoms with E-state index in [9.17, 15) is 4.79 Å². The molecule has 106 valence electrons. The van der Waals surface area contributed by atoms with Crippen LogP contribution in [-0.4, -0.2) is 15.7 Å². The fourth-order valence-corrected chi connectivity index (χ4v) is 2.26. The lowest BCUT2D eigenvalue weighted by Crippen LogP contribution is -2.25. The zero-order valence-corrected chi connectivity index (χ0v) is 12.4. The maximum atomic E-state index is 12.2. The van der Waals surface area contributed by atoms with Crippen molar-refractivity contribution in [1.29, 1.82) is 0 Å². The van der Waals surface area contributed by atoms with E-state index in [1.54, 1.807) is 29.8 Å². The number of anilines is 2. The van der Waals surface area contributed by atoms with Crippen LogP contribution in [0.25, 0.3) is 0 Å². The minimum absolute atomic E-state index is 0.178. The zero-order valence-electron chi connectivity index (χ0n) is 11.6. The molecule has 1 atom stereocenters. The van der Waals surface area contributed by atoms with Crippen molar-refractivity contribution in [2.24, 2.45) is 0 Å². The molecule has 5 nitrogen and oxygen atoms in total. The molecule has 1 heterocycles. The number of carbonyl (C=O) groups is 1. The summed E-state index contributed by atoms with van der Waals surface area (Å²) >= 11 is 6.04. The number of halogens is 1. The predicted octanol–water partition coefficient (Wildman–Crippen LogP) is 2.94. The summed E-state index contributed by atoms with van der Waals surface area (Å²) in [7, 11) is 0. The molecule has 6 heteroatoms. The molecule has 3 N–H and O–H groups in total. The van der Waals surface area contributed by atoms with Crippen molar-refractivity contribution in [3.05, 3.63) is 40.7 Å². The Bertz CT molecular complexity index is 651. The van der Waals surface area contributed by atoms with Gasteiger partial charge in [0.05, 0.1) is 16.4 Å². The number of hydrogen-bond donors (Lipinski definition) is 2. The molecule has 0 saturated heterocycles. The van der Waals surface area contributed by atoms with Crippen molar-refractivity contribution in [2.45, 2.75) is 26.8 Å². The van der Waals surface area contributed by atoms with Crippen LogP contribution in [0.1, 0.15) is 24.4 Å². The molecule has 0 aliphatic rings. The molecule has 1 unspecified atom stereocenters. The van der Waals surface area contributed by atoms with E-state index in [2.05, 4.69) is 10.4 Å². The van der Waals surface area contributed by atoms with E-state index in [4.69, 9.17) is 17.3 Å². The van der Waals surface area contributed by atoms with Gasteiger partial charge in [-0.2, -0.15) is 5.10 Å². The Morgan fingerprint density at radius 1 is 1.40 bits per heavy atom. The molecule has 0 radical (unpaired) electrons. The van der Waals surface area contributed by atoms with E-state index in [1.165, 1.54) is 0 Å². The van der Waals surface area contributed by atoms with Gasteiger partial charge in [-0.05, 0) is 45.0 Å². The summed E-state index contributed by atoms with van der Waals surface area (Å²) in [6.07, 6.45) is 0. The Morgan fingerprint density at radius 2 is 2.10 bits per heavy atom. The average molecular weight is 293 g/mol. The van der Waals surface area contributed by atoms with Gasteiger partial charge in [-0.15, -0.1) is 0 Å². The molecular weight excluding hydrogens is 276 g/mol. The molecule has 0 saturated carbocycles. The monoisotopic (exact) mass is 292 g/mol. The third-order valence-electron chi connectivity index (χ3n) is 3.04. The average Bonchev–Trinajstić information content (AvgIpc) is 2.71. The second kappa shape index (κ2) is 5.54. The third kappa shape index (κ3) is 2.93. The quantitative estimate of drug-likeness (QED) is 0.854. The van der Waals surface area contributed by atoms with Gasteiger partial charge in [0.25, 0.3) is 0 Å². The van der Waals surface area contributed by atoms with Crippen LogP contribution in [0.5, 0.6) is 0 Å². The number of carbonyl (C=O) groups excluding carboxylic acids is 1. The van der Waals surface area contributed by atoms with Crippen molar-refractivity contribution < 1.29 is 4.79 Å². The highest BCUT2D eigenvalue weighted by Crippen LogP contribution is 2.25. The van der Waals surface area contributed by atoms with Crippen molar-refractivity contribution in [1.82, 2.24) is 9.78 Å². The number of nitrogens with one attached hydrogen (secondary N) is 1. The first-order valence-electron chi connectivity index (χ1n) is 6.27. The maximum absolute atomic E-state index is 12.2. The molecule has 1 aromatic carbocycles. The van der Waals surface area contributed by atoms with Gasteiger partial charge in [0, 0.05) is 11.4 Å². The van der Waals surface area contributed by atoms with Gasteiger partial charge in [-0.25, -0.2) is 0 Å². The summed E-state index contributed by atoms with van der Waals surface area (Å²) < 4.78 is 1.69. The van der Waals surface area contributed by atoms with E-state index in [1.807, 2.05) is 19.9 Å². The number of benzene rings is 1. The molecule has 0 aliphatic carbocycles. The largest absolute Gasteiger partial charge is 0.399 e. The number of hydrogen-bond acceptors (Lipinski definition) is 3. The lowest BCUT2D eigenvalue weighted by molar-refractivity contribution is -0.119. The lowest BCUT2D eigenvalue weighted by Gasteiger charge is -2.15. The number of nitrogen functional groups attached to an aromatic ring is 1. The van der Waals surface area contributed by atoms with E-state index in [0.717, 1.165) is 11.4 Å². The summed E-state index contributed by atoms with van der Waals surface area (Å²) in [4.78, 5) is 12.2. The Hall–Kier alpha value is -2.01. The summed E-state index contributed by atoms with van der Waals surface area (Å²) in [5.74, 6) is -0.178. The second-order valence-corrected chi connectivity index (χ2v) is 5.18. The van der Waals surface area contributed by atoms with Crippen molar-refractivity contribution in [3.63, 3.8) is 0 Å². The van der Waals surface area contributed by atoms with Crippen LogP contribution in [0.15, 0.2) is 24.3 Å². The van der Waals surface area contributed by atoms with Gasteiger partial charge in [0.1, 0.15) is 6.04 Å². The molecule has 0 aliphatic heterocycles. The summed E-state index contributed by atoms with van der Waals surface area (Å²) in [5, 5.41) is 7.51. The van der Waals surface area contributed by atoms with Gasteiger partial charge in [0.15, 0.2) is 0 Å². The first kappa shape index (κ1) is 14.4. The van der Waals surface area contributed by atoms with E-state index < -0.39 is 6.04 Å². The Labute approximate surface area is 122 Å². The van der Waals surface area contributed by atoms with Crippen LogP contribution in [0.3, 0.4) is 0 Å². The Balaban J connectivity index is 2.17. The molecule has 2 aromatic rings. The Morgan fingerprint density at radius 3 is 2.65 bits per heavy atom. The molecule has 20 heavy (non-hydrogen) atoms. The fourth-order valence-electron chi connectivity index (χ4n) is 2.02. The Kier molecular flexibility index (Phi) is 3.99. The van der Waals surface area contributed by atoms with Gasteiger partial charge >= 0.3 is 0 Å². The van der Waals surface area contributed by atoms with Crippen molar-refractivity contribution in [3.8, 4) is 0 Å². The van der Waals surface area contributed by atoms with Gasteiger partial charge in [-0.1, -0.05) is 11.6 Å². The van der Waals surface area contributed by atoms with Crippen LogP contribution >= 0.6 is 11.6 Å². The zero-order chi connectivity index (χ0) is 14.9. The van der Waals surface area contributed by atoms with Gasteiger partial charge < -0.3 is 11.1 Å². The number of aryl methyl sites for hydroxylation is 2. The fraction of sp³-hybridized carbons (Fsp3) is 0.286. The molecule has 1 aromatic heterocycles. The SMILES string of the molecule is Cc1cc(C)n(C(C)C(=O)Nc2ccc(N)cc2Cl)n1. The minimum atomic E-state index is -0.419. The van der Waals surface area contributed by atoms with E-state index in [0.29, 0.717) is 16.4 Å². The van der Waals surface area contributed by atoms with Gasteiger partial charge in [0.2, 0.25) is 5.91 Å². The topological polar surface area (TPSA) is 72.9 Å². The summed E-state index contributed by atoms with van der Waals surface area (Å²) in [6.45, 7) is 5.60. The number of rotatable bonds is 3. The number of nitrogens with two attached hydrogens (primary N) is 1. The van der Waals surface area contributed by atoms with E-state index >= 15 is 0 Å². The van der Waals surface area contributed by atoms with Crippen LogP contribution in [0.2, 0.25) is 5.02 Å². The molecule has 2 rings (SSSR count). The molecule has 0 fully saturated rings. The third-order valence-corrected chi connectivity index (χ3v) is 3.35. The molecule has 0 bridgehead atoms. The lowest BCUT2D eigenvalue weighted by atomic mass is 10.2. The minimum Gasteiger partial charge on any atom is -0.399 e. The highest BCUT2D eigenvalue weighted by molar-refractivity contribution is 6.34. The standard InChI is InChI=1S/C14H17ClN4O/c1-8-6-9(2)19(18-8)10(3)14(20)17-13-5-4-11(16)7-12(13)15/h4-7,10H,16H2,1-3H3,(H,17,20). The van der Waals surface area contributed by atoms with Crippen LogP contribution in [0.4, 0.5) is 11.4 Å². The number of nitrogens with zero attached hydrogens (tertiary/aromatic N) is 2. The van der Waals surface area contributed by atoms with Crippen LogP contribution in [-0.2, 0) is 4.79 Å². The number of amides is 1. The van der Waals surface area contributed by atoms with Crippen molar-refractivity contribution >= 4 is 28.9 Å². The highest BCUT2D eigenvalue weighted by Gasteiger charge is 2.18. The molecule has 1 amide bonds. The van der Waals surface area contributed by atoms with Crippen molar-refractivity contribution in [2.75, 3.05) is 11.1 Å². The normalized spacial score (nSPS) is 12.2.